The number of nitrogens with zero attached hydrogens (tertiary/aromatic N) is 1. The van der Waals surface area contributed by atoms with Crippen LogP contribution in [0.1, 0.15) is 11.1 Å². The van der Waals surface area contributed by atoms with Crippen molar-refractivity contribution in [3.8, 4) is 6.07 Å². The van der Waals surface area contributed by atoms with Crippen molar-refractivity contribution < 1.29 is 4.79 Å². The van der Waals surface area contributed by atoms with Gasteiger partial charge in [-0.25, -0.2) is 0 Å². The fraction of sp³-hybridized carbons (Fsp3) is 0.158. The Morgan fingerprint density at radius 1 is 1.20 bits per heavy atom. The normalized spacial score (nSPS) is 10.9. The Morgan fingerprint density at radius 2 is 1.96 bits per heavy atom. The van der Waals surface area contributed by atoms with Crippen molar-refractivity contribution in [2.75, 3.05) is 11.9 Å². The zero-order valence-electron chi connectivity index (χ0n) is 13.6. The van der Waals surface area contributed by atoms with Gasteiger partial charge in [-0.15, -0.1) is 0 Å². The van der Waals surface area contributed by atoms with E-state index in [4.69, 9.17) is 28.5 Å². The maximum atomic E-state index is 12.2. The fourth-order valence-electron chi connectivity index (χ4n) is 2.10. The molecule has 2 aromatic rings. The van der Waals surface area contributed by atoms with E-state index in [0.29, 0.717) is 28.7 Å². The molecule has 0 aliphatic carbocycles. The number of halogens is 2. The van der Waals surface area contributed by atoms with Crippen LogP contribution < -0.4 is 10.6 Å². The van der Waals surface area contributed by atoms with Gasteiger partial charge in [0, 0.05) is 28.5 Å². The number of carbonyl (C=O) groups is 1. The van der Waals surface area contributed by atoms with Gasteiger partial charge in [0.2, 0.25) is 0 Å². The Hall–Kier alpha value is -2.48. The van der Waals surface area contributed by atoms with E-state index in [1.165, 1.54) is 6.20 Å². The van der Waals surface area contributed by atoms with Crippen molar-refractivity contribution in [3.63, 3.8) is 0 Å². The first-order valence-corrected chi connectivity index (χ1v) is 8.41. The second kappa shape index (κ2) is 9.12. The van der Waals surface area contributed by atoms with E-state index < -0.39 is 5.91 Å². The van der Waals surface area contributed by atoms with Crippen molar-refractivity contribution in [3.05, 3.63) is 75.4 Å². The van der Waals surface area contributed by atoms with Crippen LogP contribution in [0.3, 0.4) is 0 Å². The molecule has 25 heavy (non-hydrogen) atoms. The van der Waals surface area contributed by atoms with Crippen LogP contribution in [0, 0.1) is 18.3 Å². The minimum atomic E-state index is -0.493. The van der Waals surface area contributed by atoms with E-state index in [9.17, 15) is 4.79 Å². The monoisotopic (exact) mass is 373 g/mol. The molecule has 0 saturated heterocycles. The first-order chi connectivity index (χ1) is 12.0. The number of amides is 1. The third kappa shape index (κ3) is 5.53. The highest BCUT2D eigenvalue weighted by molar-refractivity contribution is 6.31. The van der Waals surface area contributed by atoms with Gasteiger partial charge >= 0.3 is 0 Å². The molecular weight excluding hydrogens is 357 g/mol. The van der Waals surface area contributed by atoms with Crippen molar-refractivity contribution in [1.29, 1.82) is 5.26 Å². The predicted molar refractivity (Wildman–Crippen MR) is 102 cm³/mol. The number of hydrogen-bond donors (Lipinski definition) is 2. The second-order valence-corrected chi connectivity index (χ2v) is 6.20. The van der Waals surface area contributed by atoms with Crippen LogP contribution >= 0.6 is 23.2 Å². The lowest BCUT2D eigenvalue weighted by Crippen LogP contribution is -2.18. The highest BCUT2D eigenvalue weighted by atomic mass is 35.5. The van der Waals surface area contributed by atoms with E-state index in [-0.39, 0.29) is 5.57 Å². The maximum absolute atomic E-state index is 12.2. The van der Waals surface area contributed by atoms with E-state index in [0.717, 1.165) is 11.1 Å². The Labute approximate surface area is 157 Å². The van der Waals surface area contributed by atoms with E-state index in [2.05, 4.69) is 10.6 Å². The van der Waals surface area contributed by atoms with Gasteiger partial charge in [0.25, 0.3) is 5.91 Å². The van der Waals surface area contributed by atoms with Gasteiger partial charge in [0.15, 0.2) is 0 Å². The highest BCUT2D eigenvalue weighted by Gasteiger charge is 2.10. The molecule has 4 nitrogen and oxygen atoms in total. The van der Waals surface area contributed by atoms with Gasteiger partial charge in [-0.2, -0.15) is 5.26 Å². The number of anilines is 1. The van der Waals surface area contributed by atoms with Crippen molar-refractivity contribution in [2.45, 2.75) is 13.3 Å². The predicted octanol–water partition coefficient (Wildman–Crippen LogP) is 4.48. The lowest BCUT2D eigenvalue weighted by molar-refractivity contribution is -0.112. The first kappa shape index (κ1) is 18.9. The molecule has 2 rings (SSSR count). The summed E-state index contributed by atoms with van der Waals surface area (Å²) in [4.78, 5) is 12.2. The number of carbonyl (C=O) groups excluding carboxylic acids is 1. The zero-order chi connectivity index (χ0) is 18.2. The molecule has 0 spiro atoms. The lowest BCUT2D eigenvalue weighted by atomic mass is 10.1. The van der Waals surface area contributed by atoms with E-state index in [1.807, 2.05) is 37.3 Å². The summed E-state index contributed by atoms with van der Waals surface area (Å²) in [5.41, 5.74) is 2.44. The summed E-state index contributed by atoms with van der Waals surface area (Å²) in [5, 5.41) is 16.0. The summed E-state index contributed by atoms with van der Waals surface area (Å²) in [5.74, 6) is -0.493. The number of benzene rings is 2. The van der Waals surface area contributed by atoms with Crippen molar-refractivity contribution in [2.24, 2.45) is 0 Å². The Kier molecular flexibility index (Phi) is 6.88. The minimum absolute atomic E-state index is 0.0177. The molecule has 2 aromatic carbocycles. The average molecular weight is 374 g/mol. The summed E-state index contributed by atoms with van der Waals surface area (Å²) in [7, 11) is 0. The fourth-order valence-corrected chi connectivity index (χ4v) is 2.51. The number of aryl methyl sites for hydroxylation is 1. The molecular formula is C19H17Cl2N3O. The second-order valence-electron chi connectivity index (χ2n) is 5.38. The van der Waals surface area contributed by atoms with Crippen LogP contribution in [0.15, 0.2) is 54.2 Å². The Balaban J connectivity index is 1.92. The molecule has 6 heteroatoms. The molecule has 128 valence electrons. The van der Waals surface area contributed by atoms with Crippen LogP contribution in [0.25, 0.3) is 0 Å². The Morgan fingerprint density at radius 3 is 2.64 bits per heavy atom. The van der Waals surface area contributed by atoms with Gasteiger partial charge in [-0.3, -0.25) is 4.79 Å². The first-order valence-electron chi connectivity index (χ1n) is 7.66. The largest absolute Gasteiger partial charge is 0.389 e. The molecule has 0 atom stereocenters. The Bertz CT molecular complexity index is 841. The van der Waals surface area contributed by atoms with Gasteiger partial charge in [0.05, 0.1) is 0 Å². The lowest BCUT2D eigenvalue weighted by Gasteiger charge is -2.07. The molecule has 0 aliphatic rings. The molecule has 0 heterocycles. The van der Waals surface area contributed by atoms with E-state index >= 15 is 0 Å². The number of rotatable bonds is 6. The topological polar surface area (TPSA) is 64.9 Å². The van der Waals surface area contributed by atoms with E-state index in [1.54, 1.807) is 18.2 Å². The van der Waals surface area contributed by atoms with Gasteiger partial charge in [-0.05, 0) is 42.7 Å². The van der Waals surface area contributed by atoms with Crippen LogP contribution in [0.2, 0.25) is 10.0 Å². The minimum Gasteiger partial charge on any atom is -0.389 e. The molecule has 0 saturated carbocycles. The smallest absolute Gasteiger partial charge is 0.267 e. The van der Waals surface area contributed by atoms with Crippen LogP contribution in [0.4, 0.5) is 5.69 Å². The van der Waals surface area contributed by atoms with Crippen molar-refractivity contribution in [1.82, 2.24) is 5.32 Å². The number of hydrogen-bond acceptors (Lipinski definition) is 3. The SMILES string of the molecule is Cc1ccc(NC(=O)/C(C#N)=C\NCCc2ccccc2Cl)cc1Cl. The van der Waals surface area contributed by atoms with Crippen LogP contribution in [-0.2, 0) is 11.2 Å². The third-order valence-electron chi connectivity index (χ3n) is 3.54. The van der Waals surface area contributed by atoms with Gasteiger partial charge < -0.3 is 10.6 Å². The maximum Gasteiger partial charge on any atom is 0.267 e. The molecule has 0 radical (unpaired) electrons. The van der Waals surface area contributed by atoms with Crippen molar-refractivity contribution >= 4 is 34.8 Å². The molecule has 1 amide bonds. The number of nitrogens with one attached hydrogen (secondary N) is 2. The summed E-state index contributed by atoms with van der Waals surface area (Å²) < 4.78 is 0. The average Bonchev–Trinajstić information content (AvgIpc) is 2.59. The van der Waals surface area contributed by atoms with Gasteiger partial charge in [0.1, 0.15) is 11.6 Å². The summed E-state index contributed by atoms with van der Waals surface area (Å²) in [6, 6.07) is 14.6. The number of nitriles is 1. The summed E-state index contributed by atoms with van der Waals surface area (Å²) >= 11 is 12.1. The zero-order valence-corrected chi connectivity index (χ0v) is 15.2. The van der Waals surface area contributed by atoms with Crippen LogP contribution in [-0.4, -0.2) is 12.5 Å². The summed E-state index contributed by atoms with van der Waals surface area (Å²) in [6.07, 6.45) is 2.09. The molecule has 0 unspecified atom stereocenters. The van der Waals surface area contributed by atoms with Gasteiger partial charge in [-0.1, -0.05) is 47.5 Å². The van der Waals surface area contributed by atoms with Crippen LogP contribution in [0.5, 0.6) is 0 Å². The highest BCUT2D eigenvalue weighted by Crippen LogP contribution is 2.20. The molecule has 0 aromatic heterocycles. The molecule has 0 bridgehead atoms. The molecule has 0 fully saturated rings. The molecule has 0 aliphatic heterocycles. The summed E-state index contributed by atoms with van der Waals surface area (Å²) in [6.45, 7) is 2.43. The standard InChI is InChI=1S/C19H17Cl2N3O/c1-13-6-7-16(10-18(13)21)24-19(25)15(11-22)12-23-9-8-14-4-2-3-5-17(14)20/h2-7,10,12,23H,8-9H2,1H3,(H,24,25)/b15-12-. The third-order valence-corrected chi connectivity index (χ3v) is 4.31. The molecule has 2 N–H and O–H groups in total. The quantitative estimate of drug-likeness (QED) is 0.445.